The average molecular weight is 230 g/mol. The molecule has 0 spiro atoms. The predicted molar refractivity (Wildman–Crippen MR) is 61.3 cm³/mol. The number of nitrogens with two attached hydrogens (primary N) is 1. The van der Waals surface area contributed by atoms with E-state index in [0.29, 0.717) is 0 Å². The topological polar surface area (TPSA) is 72.5 Å². The molecular formula is C13H14N2O2. The molecule has 2 heterocycles. The number of carbonyl (C=O) groups excluding carboxylic acids is 1. The first kappa shape index (κ1) is 10.4. The van der Waals surface area contributed by atoms with Crippen molar-refractivity contribution in [1.82, 2.24) is 4.98 Å². The molecule has 2 aromatic rings. The van der Waals surface area contributed by atoms with E-state index in [1.165, 1.54) is 5.56 Å². The number of aromatic nitrogens is 1. The molecule has 0 radical (unpaired) electrons. The van der Waals surface area contributed by atoms with Crippen molar-refractivity contribution in [2.24, 2.45) is 0 Å². The molecule has 0 unspecified atom stereocenters. The third kappa shape index (κ3) is 1.52. The number of aromatic amines is 1. The third-order valence-electron chi connectivity index (χ3n) is 3.46. The zero-order valence-electron chi connectivity index (χ0n) is 9.62. The minimum absolute atomic E-state index is 0.591. The van der Waals surface area contributed by atoms with Gasteiger partial charge in [0.1, 0.15) is 5.97 Å². The zero-order valence-corrected chi connectivity index (χ0v) is 9.62. The lowest BCUT2D eigenvalue weighted by molar-refractivity contribution is -0.693. The van der Waals surface area contributed by atoms with Crippen LogP contribution in [0.1, 0.15) is 22.9 Å². The fourth-order valence-electron chi connectivity index (χ4n) is 2.64. The van der Waals surface area contributed by atoms with E-state index in [9.17, 15) is 9.90 Å². The second-order valence-electron chi connectivity index (χ2n) is 4.64. The van der Waals surface area contributed by atoms with Crippen LogP contribution in [0.5, 0.6) is 0 Å². The monoisotopic (exact) mass is 230 g/mol. The number of quaternary nitrogens is 1. The van der Waals surface area contributed by atoms with Gasteiger partial charge in [-0.15, -0.1) is 0 Å². The Balaban J connectivity index is 2.25. The Morgan fingerprint density at radius 3 is 3.12 bits per heavy atom. The maximum atomic E-state index is 11.1. The molecule has 88 valence electrons. The summed E-state index contributed by atoms with van der Waals surface area (Å²) in [5, 5.41) is 14.1. The molecule has 4 heteroatoms. The zero-order chi connectivity index (χ0) is 12.0. The molecule has 0 fully saturated rings. The second kappa shape index (κ2) is 3.60. The summed E-state index contributed by atoms with van der Waals surface area (Å²) in [7, 11) is 0. The minimum atomic E-state index is -1.02. The van der Waals surface area contributed by atoms with Crippen molar-refractivity contribution in [1.29, 1.82) is 0 Å². The van der Waals surface area contributed by atoms with Crippen molar-refractivity contribution in [3.05, 3.63) is 35.0 Å². The van der Waals surface area contributed by atoms with Crippen molar-refractivity contribution < 1.29 is 15.2 Å². The highest BCUT2D eigenvalue weighted by molar-refractivity contribution is 5.87. The molecule has 0 bridgehead atoms. The summed E-state index contributed by atoms with van der Waals surface area (Å²) >= 11 is 0. The van der Waals surface area contributed by atoms with Gasteiger partial charge in [0.15, 0.2) is 6.04 Å². The Morgan fingerprint density at radius 2 is 2.35 bits per heavy atom. The number of hydrogen-bond acceptors (Lipinski definition) is 2. The molecule has 1 aliphatic heterocycles. The molecule has 0 saturated carbocycles. The first-order valence-corrected chi connectivity index (χ1v) is 5.82. The highest BCUT2D eigenvalue weighted by Crippen LogP contribution is 2.28. The molecule has 0 aliphatic carbocycles. The number of aryl methyl sites for hydroxylation is 1. The van der Waals surface area contributed by atoms with Gasteiger partial charge in [-0.1, -0.05) is 11.6 Å². The van der Waals surface area contributed by atoms with Gasteiger partial charge in [0.25, 0.3) is 0 Å². The van der Waals surface area contributed by atoms with Gasteiger partial charge in [-0.25, -0.2) is 0 Å². The summed E-state index contributed by atoms with van der Waals surface area (Å²) in [4.78, 5) is 14.3. The van der Waals surface area contributed by atoms with E-state index >= 15 is 0 Å². The number of carbonyl (C=O) groups is 1. The van der Waals surface area contributed by atoms with Gasteiger partial charge in [-0.3, -0.25) is 0 Å². The minimum Gasteiger partial charge on any atom is -0.544 e. The second-order valence-corrected chi connectivity index (χ2v) is 4.64. The van der Waals surface area contributed by atoms with Crippen LogP contribution in [0.25, 0.3) is 10.9 Å². The predicted octanol–water partition coefficient (Wildman–Crippen LogP) is -0.613. The van der Waals surface area contributed by atoms with Crippen LogP contribution in [0.15, 0.2) is 18.2 Å². The maximum Gasteiger partial charge on any atom is 0.167 e. The van der Waals surface area contributed by atoms with E-state index < -0.39 is 12.0 Å². The van der Waals surface area contributed by atoms with Crippen LogP contribution >= 0.6 is 0 Å². The van der Waals surface area contributed by atoms with Crippen LogP contribution in [-0.2, 0) is 11.2 Å². The van der Waals surface area contributed by atoms with Crippen LogP contribution in [-0.4, -0.2) is 17.5 Å². The summed E-state index contributed by atoms with van der Waals surface area (Å²) in [6.07, 6.45) is 0.905. The van der Waals surface area contributed by atoms with E-state index in [4.69, 9.17) is 0 Å². The molecule has 3 N–H and O–H groups in total. The van der Waals surface area contributed by atoms with Crippen LogP contribution in [0, 0.1) is 6.92 Å². The number of benzene rings is 1. The molecule has 1 aliphatic rings. The number of H-pyrrole nitrogens is 1. The van der Waals surface area contributed by atoms with Crippen LogP contribution in [0.3, 0.4) is 0 Å². The smallest absolute Gasteiger partial charge is 0.167 e. The number of aliphatic carboxylic acids is 1. The van der Waals surface area contributed by atoms with Crippen molar-refractivity contribution in [2.75, 3.05) is 6.54 Å². The highest BCUT2D eigenvalue weighted by Gasteiger charge is 2.27. The van der Waals surface area contributed by atoms with E-state index in [1.807, 2.05) is 24.4 Å². The summed E-state index contributed by atoms with van der Waals surface area (Å²) in [6.45, 7) is 2.84. The first-order valence-electron chi connectivity index (χ1n) is 5.82. The third-order valence-corrected chi connectivity index (χ3v) is 3.46. The molecular weight excluding hydrogens is 216 g/mol. The maximum absolute atomic E-state index is 11.1. The van der Waals surface area contributed by atoms with Gasteiger partial charge in [0.05, 0.1) is 12.2 Å². The van der Waals surface area contributed by atoms with Gasteiger partial charge in [-0.05, 0) is 24.6 Å². The lowest BCUT2D eigenvalue weighted by atomic mass is 9.99. The molecule has 4 nitrogen and oxygen atoms in total. The Morgan fingerprint density at radius 1 is 1.53 bits per heavy atom. The van der Waals surface area contributed by atoms with E-state index in [1.54, 1.807) is 0 Å². The van der Waals surface area contributed by atoms with Gasteiger partial charge in [0, 0.05) is 17.3 Å². The van der Waals surface area contributed by atoms with Gasteiger partial charge < -0.3 is 20.2 Å². The summed E-state index contributed by atoms with van der Waals surface area (Å²) in [6, 6.07) is 5.56. The standard InChI is InChI=1S/C13H14N2O2/c1-7-2-3-10-9(6-7)8-4-5-14-12(13(16)17)11(8)15-10/h2-3,6,12,14-15H,4-5H2,1H3,(H,16,17)/t12-/m0/s1. The van der Waals surface area contributed by atoms with E-state index in [2.05, 4.69) is 11.1 Å². The normalized spacial score (nSPS) is 19.2. The van der Waals surface area contributed by atoms with Gasteiger partial charge in [-0.2, -0.15) is 0 Å². The highest BCUT2D eigenvalue weighted by atomic mass is 16.4. The fraction of sp³-hybridized carbons (Fsp3) is 0.308. The Hall–Kier alpha value is -1.81. The van der Waals surface area contributed by atoms with Crippen LogP contribution in [0.4, 0.5) is 0 Å². The summed E-state index contributed by atoms with van der Waals surface area (Å²) in [5.41, 5.74) is 4.15. The van der Waals surface area contributed by atoms with Crippen molar-refractivity contribution in [3.8, 4) is 0 Å². The van der Waals surface area contributed by atoms with Gasteiger partial charge in [0.2, 0.25) is 0 Å². The molecule has 1 aromatic carbocycles. The molecule has 1 aromatic heterocycles. The average Bonchev–Trinajstić information content (AvgIpc) is 2.66. The molecule has 0 saturated heterocycles. The number of rotatable bonds is 1. The Bertz CT molecular complexity index is 601. The first-order chi connectivity index (χ1) is 8.16. The van der Waals surface area contributed by atoms with Crippen molar-refractivity contribution >= 4 is 16.9 Å². The molecule has 3 rings (SSSR count). The quantitative estimate of drug-likeness (QED) is 0.685. The molecule has 0 amide bonds. The van der Waals surface area contributed by atoms with Gasteiger partial charge >= 0.3 is 0 Å². The van der Waals surface area contributed by atoms with E-state index in [0.717, 1.165) is 35.1 Å². The largest absolute Gasteiger partial charge is 0.544 e. The summed E-state index contributed by atoms with van der Waals surface area (Å²) in [5.74, 6) is -1.02. The fourth-order valence-corrected chi connectivity index (χ4v) is 2.64. The molecule has 17 heavy (non-hydrogen) atoms. The van der Waals surface area contributed by atoms with Crippen molar-refractivity contribution in [3.63, 3.8) is 0 Å². The van der Waals surface area contributed by atoms with E-state index in [-0.39, 0.29) is 0 Å². The van der Waals surface area contributed by atoms with Crippen molar-refractivity contribution in [2.45, 2.75) is 19.4 Å². The lowest BCUT2D eigenvalue weighted by Crippen LogP contribution is -2.89. The van der Waals surface area contributed by atoms with Crippen LogP contribution < -0.4 is 10.4 Å². The number of nitrogens with one attached hydrogen (secondary N) is 1. The van der Waals surface area contributed by atoms with Crippen LogP contribution in [0.2, 0.25) is 0 Å². The number of carboxylic acid groups (broad SMARTS) is 1. The Labute approximate surface area is 98.6 Å². The Kier molecular flexibility index (Phi) is 2.19. The lowest BCUT2D eigenvalue weighted by Gasteiger charge is -2.21. The molecule has 1 atom stereocenters. The number of carboxylic acids is 1. The number of hydrogen-bond donors (Lipinski definition) is 2. The number of fused-ring (bicyclic) bond motifs is 3. The summed E-state index contributed by atoms with van der Waals surface area (Å²) < 4.78 is 0. The SMILES string of the molecule is Cc1ccc2[nH]c3c(c2c1)CC[NH2+][C@@H]3C(=O)[O-].